The molecule has 0 unspecified atom stereocenters. The highest BCUT2D eigenvalue weighted by atomic mass is 79.9. The van der Waals surface area contributed by atoms with Gasteiger partial charge in [0, 0.05) is 27.3 Å². The Morgan fingerprint density at radius 2 is 1.92 bits per heavy atom. The van der Waals surface area contributed by atoms with Crippen LogP contribution >= 0.6 is 27.5 Å². The maximum atomic E-state index is 13.3. The van der Waals surface area contributed by atoms with E-state index in [1.807, 2.05) is 37.3 Å². The molecule has 0 heterocycles. The van der Waals surface area contributed by atoms with E-state index in [9.17, 15) is 4.39 Å². The summed E-state index contributed by atoms with van der Waals surface area (Å²) in [5.74, 6) is 0.454. The average Bonchev–Trinajstić information content (AvgIpc) is 2.60. The van der Waals surface area contributed by atoms with Crippen LogP contribution in [0.25, 0.3) is 0 Å². The topological polar surface area (TPSA) is 21.3 Å². The molecular formula is C21H18BrClFNO. The van der Waals surface area contributed by atoms with Gasteiger partial charge in [-0.25, -0.2) is 4.39 Å². The second-order valence-corrected chi connectivity index (χ2v) is 7.34. The molecule has 0 bridgehead atoms. The normalized spacial score (nSPS) is 10.6. The van der Waals surface area contributed by atoms with Crippen molar-refractivity contribution in [1.29, 1.82) is 0 Å². The van der Waals surface area contributed by atoms with Crippen molar-refractivity contribution in [1.82, 2.24) is 0 Å². The Bertz CT molecular complexity index is 916. The smallest absolute Gasteiger partial charge is 0.124 e. The third-order valence-corrected chi connectivity index (χ3v) is 4.69. The second kappa shape index (κ2) is 8.56. The fraction of sp³-hybridized carbons (Fsp3) is 0.143. The van der Waals surface area contributed by atoms with E-state index >= 15 is 0 Å². The first kappa shape index (κ1) is 18.7. The Balaban J connectivity index is 1.73. The lowest BCUT2D eigenvalue weighted by molar-refractivity contribution is 0.302. The predicted molar refractivity (Wildman–Crippen MR) is 108 cm³/mol. The average molecular weight is 435 g/mol. The zero-order valence-corrected chi connectivity index (χ0v) is 16.6. The SMILES string of the molecule is Cc1cc(Br)ccc1NCc1cc(Cl)ccc1OCc1cccc(F)c1. The standard InChI is InChI=1S/C21H18BrClFNO/c1-14-9-17(22)5-7-20(14)25-12-16-11-18(23)6-8-21(16)26-13-15-3-2-4-19(24)10-15/h2-11,25H,12-13H2,1H3. The lowest BCUT2D eigenvalue weighted by Crippen LogP contribution is -2.05. The third kappa shape index (κ3) is 4.99. The number of benzene rings is 3. The first-order valence-electron chi connectivity index (χ1n) is 8.17. The van der Waals surface area contributed by atoms with Crippen LogP contribution < -0.4 is 10.1 Å². The van der Waals surface area contributed by atoms with Crippen LogP contribution in [0, 0.1) is 12.7 Å². The van der Waals surface area contributed by atoms with Gasteiger partial charge in [0.25, 0.3) is 0 Å². The highest BCUT2D eigenvalue weighted by molar-refractivity contribution is 9.10. The van der Waals surface area contributed by atoms with Crippen LogP contribution in [0.15, 0.2) is 65.1 Å². The minimum atomic E-state index is -0.269. The molecule has 26 heavy (non-hydrogen) atoms. The van der Waals surface area contributed by atoms with Crippen molar-refractivity contribution in [3.8, 4) is 5.75 Å². The molecule has 1 N–H and O–H groups in total. The number of nitrogens with one attached hydrogen (secondary N) is 1. The molecule has 0 spiro atoms. The summed E-state index contributed by atoms with van der Waals surface area (Å²) in [5.41, 5.74) is 3.91. The molecule has 0 radical (unpaired) electrons. The van der Waals surface area contributed by atoms with Gasteiger partial charge in [-0.2, -0.15) is 0 Å². The molecule has 3 aromatic carbocycles. The van der Waals surface area contributed by atoms with Crippen molar-refractivity contribution < 1.29 is 9.13 Å². The monoisotopic (exact) mass is 433 g/mol. The summed E-state index contributed by atoms with van der Waals surface area (Å²) < 4.78 is 20.3. The highest BCUT2D eigenvalue weighted by Crippen LogP contribution is 2.26. The molecule has 0 aliphatic carbocycles. The first-order valence-corrected chi connectivity index (χ1v) is 9.34. The summed E-state index contributed by atoms with van der Waals surface area (Å²) >= 11 is 9.62. The van der Waals surface area contributed by atoms with E-state index in [1.54, 1.807) is 12.1 Å². The molecule has 0 aliphatic rings. The number of hydrogen-bond acceptors (Lipinski definition) is 2. The number of aryl methyl sites for hydroxylation is 1. The number of hydrogen-bond donors (Lipinski definition) is 1. The largest absolute Gasteiger partial charge is 0.489 e. The molecule has 3 rings (SSSR count). The van der Waals surface area contributed by atoms with E-state index in [-0.39, 0.29) is 5.82 Å². The van der Waals surface area contributed by atoms with Gasteiger partial charge in [-0.05, 0) is 66.6 Å². The summed E-state index contributed by atoms with van der Waals surface area (Å²) in [4.78, 5) is 0. The predicted octanol–water partition coefficient (Wildman–Crippen LogP) is 6.74. The highest BCUT2D eigenvalue weighted by Gasteiger charge is 2.07. The third-order valence-electron chi connectivity index (χ3n) is 3.96. The van der Waals surface area contributed by atoms with Gasteiger partial charge >= 0.3 is 0 Å². The number of halogens is 3. The van der Waals surface area contributed by atoms with Gasteiger partial charge in [0.15, 0.2) is 0 Å². The minimum Gasteiger partial charge on any atom is -0.489 e. The van der Waals surface area contributed by atoms with Crippen LogP contribution in [0.2, 0.25) is 5.02 Å². The summed E-state index contributed by atoms with van der Waals surface area (Å²) in [6, 6.07) is 18.0. The maximum Gasteiger partial charge on any atom is 0.124 e. The lowest BCUT2D eigenvalue weighted by Gasteiger charge is -2.15. The summed E-state index contributed by atoms with van der Waals surface area (Å²) in [5, 5.41) is 4.06. The number of anilines is 1. The molecule has 0 saturated heterocycles. The van der Waals surface area contributed by atoms with Crippen LogP contribution in [0.4, 0.5) is 10.1 Å². The van der Waals surface area contributed by atoms with E-state index < -0.39 is 0 Å². The molecular weight excluding hydrogens is 417 g/mol. The van der Waals surface area contributed by atoms with Crippen molar-refractivity contribution in [2.75, 3.05) is 5.32 Å². The zero-order valence-electron chi connectivity index (χ0n) is 14.2. The van der Waals surface area contributed by atoms with Crippen LogP contribution in [0.1, 0.15) is 16.7 Å². The molecule has 0 saturated carbocycles. The zero-order chi connectivity index (χ0) is 18.5. The molecule has 0 amide bonds. The quantitative estimate of drug-likeness (QED) is 0.464. The Labute approximate surface area is 166 Å². The Morgan fingerprint density at radius 3 is 2.69 bits per heavy atom. The van der Waals surface area contributed by atoms with Crippen LogP contribution in [-0.4, -0.2) is 0 Å². The van der Waals surface area contributed by atoms with Crippen LogP contribution in [-0.2, 0) is 13.2 Å². The lowest BCUT2D eigenvalue weighted by atomic mass is 10.1. The summed E-state index contributed by atoms with van der Waals surface area (Å²) in [7, 11) is 0. The van der Waals surface area contributed by atoms with E-state index in [1.165, 1.54) is 12.1 Å². The number of rotatable bonds is 6. The van der Waals surface area contributed by atoms with Crippen molar-refractivity contribution in [2.24, 2.45) is 0 Å². The first-order chi connectivity index (χ1) is 12.5. The molecule has 0 fully saturated rings. The molecule has 0 aromatic heterocycles. The molecule has 5 heteroatoms. The second-order valence-electron chi connectivity index (χ2n) is 5.98. The van der Waals surface area contributed by atoms with Gasteiger partial charge in [-0.3, -0.25) is 0 Å². The maximum absolute atomic E-state index is 13.3. The van der Waals surface area contributed by atoms with Gasteiger partial charge in [-0.1, -0.05) is 39.7 Å². The van der Waals surface area contributed by atoms with Gasteiger partial charge < -0.3 is 10.1 Å². The van der Waals surface area contributed by atoms with Crippen LogP contribution in [0.3, 0.4) is 0 Å². The molecule has 0 atom stereocenters. The van der Waals surface area contributed by atoms with Crippen molar-refractivity contribution in [3.63, 3.8) is 0 Å². The van der Waals surface area contributed by atoms with Gasteiger partial charge in [0.1, 0.15) is 18.2 Å². The summed E-state index contributed by atoms with van der Waals surface area (Å²) in [6.07, 6.45) is 0. The Kier molecular flexibility index (Phi) is 6.17. The van der Waals surface area contributed by atoms with E-state index in [0.717, 1.165) is 32.6 Å². The van der Waals surface area contributed by atoms with Gasteiger partial charge in [-0.15, -0.1) is 0 Å². The number of ether oxygens (including phenoxy) is 1. The Morgan fingerprint density at radius 1 is 1.08 bits per heavy atom. The molecule has 3 aromatic rings. The molecule has 0 aliphatic heterocycles. The van der Waals surface area contributed by atoms with Gasteiger partial charge in [0.2, 0.25) is 0 Å². The van der Waals surface area contributed by atoms with E-state index in [4.69, 9.17) is 16.3 Å². The minimum absolute atomic E-state index is 0.269. The summed E-state index contributed by atoms with van der Waals surface area (Å²) in [6.45, 7) is 2.91. The van der Waals surface area contributed by atoms with Crippen LogP contribution in [0.5, 0.6) is 5.75 Å². The van der Waals surface area contributed by atoms with E-state index in [2.05, 4.69) is 27.3 Å². The molecule has 134 valence electrons. The van der Waals surface area contributed by atoms with Crippen molar-refractivity contribution >= 4 is 33.2 Å². The van der Waals surface area contributed by atoms with Gasteiger partial charge in [0.05, 0.1) is 0 Å². The molecule has 2 nitrogen and oxygen atoms in total. The van der Waals surface area contributed by atoms with Crippen molar-refractivity contribution in [3.05, 3.63) is 92.7 Å². The van der Waals surface area contributed by atoms with Crippen molar-refractivity contribution in [2.45, 2.75) is 20.1 Å². The Hall–Kier alpha value is -2.04. The fourth-order valence-electron chi connectivity index (χ4n) is 2.63. The van der Waals surface area contributed by atoms with E-state index in [0.29, 0.717) is 18.2 Å². The fourth-order valence-corrected chi connectivity index (χ4v) is 3.30.